The van der Waals surface area contributed by atoms with E-state index in [0.717, 1.165) is 31.0 Å². The lowest BCUT2D eigenvalue weighted by atomic mass is 10.1. The van der Waals surface area contributed by atoms with Crippen molar-refractivity contribution in [3.63, 3.8) is 0 Å². The fourth-order valence-corrected chi connectivity index (χ4v) is 5.63. The van der Waals surface area contributed by atoms with Crippen LogP contribution in [0.4, 0.5) is 19.3 Å². The molecule has 1 unspecified atom stereocenters. The van der Waals surface area contributed by atoms with Crippen LogP contribution in [0.25, 0.3) is 0 Å². The summed E-state index contributed by atoms with van der Waals surface area (Å²) in [4.78, 5) is 18.3. The van der Waals surface area contributed by atoms with Crippen LogP contribution in [0.2, 0.25) is 0 Å². The Morgan fingerprint density at radius 2 is 1.90 bits per heavy atom. The van der Waals surface area contributed by atoms with Crippen molar-refractivity contribution >= 4 is 21.7 Å². The first-order valence-electron chi connectivity index (χ1n) is 9.96. The molecule has 2 saturated heterocycles. The van der Waals surface area contributed by atoms with Gasteiger partial charge in [0.2, 0.25) is 15.9 Å². The van der Waals surface area contributed by atoms with Crippen LogP contribution in [-0.2, 0) is 10.0 Å². The molecule has 1 aromatic carbocycles. The third-order valence-electron chi connectivity index (χ3n) is 5.28. The maximum Gasteiger partial charge on any atom is 0.321 e. The lowest BCUT2D eigenvalue weighted by Gasteiger charge is -2.36. The molecule has 0 saturated carbocycles. The highest BCUT2D eigenvalue weighted by Crippen LogP contribution is 2.25. The first kappa shape index (κ1) is 21.4. The molecule has 0 aliphatic carbocycles. The number of hydrogen-bond donors (Lipinski definition) is 1. The Morgan fingerprint density at radius 1 is 1.13 bits per heavy atom. The van der Waals surface area contributed by atoms with Gasteiger partial charge in [-0.25, -0.2) is 27.0 Å². The number of carbonyl (C=O) groups is 1. The number of likely N-dealkylation sites (tertiary alicyclic amines) is 1. The van der Waals surface area contributed by atoms with Crippen LogP contribution in [-0.4, -0.2) is 60.1 Å². The first-order valence-corrected chi connectivity index (χ1v) is 11.6. The van der Waals surface area contributed by atoms with Crippen molar-refractivity contribution in [3.8, 4) is 11.6 Å². The Bertz CT molecular complexity index is 1050. The number of nitrogens with zero attached hydrogens (tertiary/aromatic N) is 3. The van der Waals surface area contributed by atoms with Crippen LogP contribution in [0.3, 0.4) is 0 Å². The van der Waals surface area contributed by atoms with E-state index >= 15 is 0 Å². The molecule has 8 nitrogen and oxygen atoms in total. The highest BCUT2D eigenvalue weighted by molar-refractivity contribution is 7.89. The van der Waals surface area contributed by atoms with Gasteiger partial charge in [-0.3, -0.25) is 0 Å². The molecule has 2 aliphatic rings. The number of halogens is 2. The van der Waals surface area contributed by atoms with Gasteiger partial charge in [0.15, 0.2) is 0 Å². The second-order valence-corrected chi connectivity index (χ2v) is 9.59. The van der Waals surface area contributed by atoms with Gasteiger partial charge < -0.3 is 15.0 Å². The highest BCUT2D eigenvalue weighted by atomic mass is 32.2. The molecule has 1 N–H and O–H groups in total. The van der Waals surface area contributed by atoms with Crippen molar-refractivity contribution in [3.05, 3.63) is 48.2 Å². The standard InChI is InChI=1S/C20H22F2N4O4S/c21-14-9-15(22)11-18(10-14)30-19-5-4-16(12-23-19)24-20(27)25-6-1-3-17(13-25)26-7-2-8-31(26,28)29/h4-5,9-12,17H,1-3,6-8,13H2,(H,24,27). The van der Waals surface area contributed by atoms with E-state index in [1.54, 1.807) is 11.0 Å². The molecule has 3 heterocycles. The molecule has 2 aliphatic heterocycles. The fraction of sp³-hybridized carbons (Fsp3) is 0.400. The van der Waals surface area contributed by atoms with Crippen LogP contribution < -0.4 is 10.1 Å². The van der Waals surface area contributed by atoms with Crippen molar-refractivity contribution in [2.75, 3.05) is 30.7 Å². The topological polar surface area (TPSA) is 91.8 Å². The van der Waals surface area contributed by atoms with E-state index in [4.69, 9.17) is 4.74 Å². The molecule has 2 fully saturated rings. The Labute approximate surface area is 178 Å². The minimum atomic E-state index is -3.23. The summed E-state index contributed by atoms with van der Waals surface area (Å²) in [7, 11) is -3.23. The molecule has 1 aromatic heterocycles. The number of anilines is 1. The Morgan fingerprint density at radius 3 is 2.55 bits per heavy atom. The normalized spacial score (nSPS) is 21.1. The predicted octanol–water partition coefficient (Wildman–Crippen LogP) is 3.18. The SMILES string of the molecule is O=C(Nc1ccc(Oc2cc(F)cc(F)c2)nc1)N1CCCC(N2CCCS2(=O)=O)C1. The summed E-state index contributed by atoms with van der Waals surface area (Å²) in [5, 5.41) is 2.73. The molecular formula is C20H22F2N4O4S. The van der Waals surface area contributed by atoms with Crippen LogP contribution in [0, 0.1) is 11.6 Å². The van der Waals surface area contributed by atoms with Crippen LogP contribution in [0.5, 0.6) is 11.6 Å². The number of ether oxygens (including phenoxy) is 1. The van der Waals surface area contributed by atoms with Gasteiger partial charge in [0.05, 0.1) is 17.6 Å². The van der Waals surface area contributed by atoms with E-state index in [1.807, 2.05) is 0 Å². The molecule has 4 rings (SSSR count). The summed E-state index contributed by atoms with van der Waals surface area (Å²) >= 11 is 0. The zero-order chi connectivity index (χ0) is 22.0. The van der Waals surface area contributed by atoms with E-state index in [0.29, 0.717) is 31.7 Å². The lowest BCUT2D eigenvalue weighted by molar-refractivity contribution is 0.163. The van der Waals surface area contributed by atoms with Crippen molar-refractivity contribution < 1.29 is 26.7 Å². The molecule has 11 heteroatoms. The zero-order valence-electron chi connectivity index (χ0n) is 16.6. The molecule has 166 valence electrons. The second kappa shape index (κ2) is 8.75. The summed E-state index contributed by atoms with van der Waals surface area (Å²) in [6.45, 7) is 1.38. The molecule has 0 bridgehead atoms. The third-order valence-corrected chi connectivity index (χ3v) is 7.28. The number of aromatic nitrogens is 1. The number of carbonyl (C=O) groups excluding carboxylic acids is 1. The maximum absolute atomic E-state index is 13.3. The van der Waals surface area contributed by atoms with E-state index < -0.39 is 21.7 Å². The second-order valence-electron chi connectivity index (χ2n) is 7.54. The molecule has 2 aromatic rings. The number of urea groups is 1. The third kappa shape index (κ3) is 5.10. The lowest BCUT2D eigenvalue weighted by Crippen LogP contribution is -2.51. The molecular weight excluding hydrogens is 430 g/mol. The quantitative estimate of drug-likeness (QED) is 0.769. The van der Waals surface area contributed by atoms with Crippen LogP contribution >= 0.6 is 0 Å². The molecule has 1 atom stereocenters. The van der Waals surface area contributed by atoms with Crippen molar-refractivity contribution in [2.45, 2.75) is 25.3 Å². The van der Waals surface area contributed by atoms with Crippen LogP contribution in [0.1, 0.15) is 19.3 Å². The number of amides is 2. The molecule has 31 heavy (non-hydrogen) atoms. The van der Waals surface area contributed by atoms with Crippen LogP contribution in [0.15, 0.2) is 36.5 Å². The van der Waals surface area contributed by atoms with Gasteiger partial charge in [0.25, 0.3) is 0 Å². The molecule has 0 radical (unpaired) electrons. The molecule has 0 spiro atoms. The Kier molecular flexibility index (Phi) is 6.05. The average molecular weight is 452 g/mol. The summed E-state index contributed by atoms with van der Waals surface area (Å²) in [6, 6.07) is 5.29. The maximum atomic E-state index is 13.3. The Hall–Kier alpha value is -2.79. The predicted molar refractivity (Wildman–Crippen MR) is 109 cm³/mol. The van der Waals surface area contributed by atoms with E-state index in [-0.39, 0.29) is 29.5 Å². The monoisotopic (exact) mass is 452 g/mol. The molecule has 2 amide bonds. The van der Waals surface area contributed by atoms with Crippen molar-refractivity contribution in [1.29, 1.82) is 0 Å². The number of pyridine rings is 1. The fourth-order valence-electron chi connectivity index (χ4n) is 3.87. The number of benzene rings is 1. The van der Waals surface area contributed by atoms with Gasteiger partial charge >= 0.3 is 6.03 Å². The Balaban J connectivity index is 1.36. The van der Waals surface area contributed by atoms with Crippen molar-refractivity contribution in [2.24, 2.45) is 0 Å². The average Bonchev–Trinajstić information content (AvgIpc) is 3.08. The number of piperidine rings is 1. The van der Waals surface area contributed by atoms with Gasteiger partial charge in [-0.1, -0.05) is 0 Å². The van der Waals surface area contributed by atoms with Gasteiger partial charge in [0, 0.05) is 49.9 Å². The highest BCUT2D eigenvalue weighted by Gasteiger charge is 2.37. The van der Waals surface area contributed by atoms with Gasteiger partial charge in [-0.15, -0.1) is 0 Å². The largest absolute Gasteiger partial charge is 0.439 e. The van der Waals surface area contributed by atoms with Gasteiger partial charge in [0.1, 0.15) is 17.4 Å². The number of nitrogens with one attached hydrogen (secondary N) is 1. The number of rotatable bonds is 4. The minimum Gasteiger partial charge on any atom is -0.439 e. The van der Waals surface area contributed by atoms with E-state index in [1.165, 1.54) is 16.6 Å². The van der Waals surface area contributed by atoms with Gasteiger partial charge in [-0.05, 0) is 25.3 Å². The van der Waals surface area contributed by atoms with E-state index in [2.05, 4.69) is 10.3 Å². The summed E-state index contributed by atoms with van der Waals surface area (Å²) in [5.41, 5.74) is 0.415. The minimum absolute atomic E-state index is 0.0296. The summed E-state index contributed by atoms with van der Waals surface area (Å²) in [5.74, 6) is -1.28. The number of hydrogen-bond acceptors (Lipinski definition) is 5. The number of sulfonamides is 1. The van der Waals surface area contributed by atoms with E-state index in [9.17, 15) is 22.0 Å². The van der Waals surface area contributed by atoms with Crippen molar-refractivity contribution in [1.82, 2.24) is 14.2 Å². The smallest absolute Gasteiger partial charge is 0.321 e. The van der Waals surface area contributed by atoms with Gasteiger partial charge in [-0.2, -0.15) is 4.31 Å². The summed E-state index contributed by atoms with van der Waals surface area (Å²) in [6.07, 6.45) is 3.44. The zero-order valence-corrected chi connectivity index (χ0v) is 17.4. The summed E-state index contributed by atoms with van der Waals surface area (Å²) < 4.78 is 57.7. The first-order chi connectivity index (χ1) is 14.8.